The fourth-order valence-electron chi connectivity index (χ4n) is 0.577. The van der Waals surface area contributed by atoms with E-state index in [9.17, 15) is 0 Å². The van der Waals surface area contributed by atoms with Gasteiger partial charge in [-0.2, -0.15) is 0 Å². The Morgan fingerprint density at radius 2 is 1.00 bits per heavy atom. The summed E-state index contributed by atoms with van der Waals surface area (Å²) in [4.78, 5) is 0. The molecule has 0 fully saturated rings. The number of aliphatic hydroxyl groups excluding tert-OH is 3. The van der Waals surface area contributed by atoms with Crippen molar-refractivity contribution in [1.29, 1.82) is 0 Å². The van der Waals surface area contributed by atoms with Crippen LogP contribution in [0.2, 0.25) is 0 Å². The van der Waals surface area contributed by atoms with Crippen molar-refractivity contribution in [3.63, 3.8) is 0 Å². The van der Waals surface area contributed by atoms with Crippen molar-refractivity contribution in [1.82, 2.24) is 0 Å². The van der Waals surface area contributed by atoms with Gasteiger partial charge in [-0.1, -0.05) is 19.8 Å². The highest BCUT2D eigenvalue weighted by molar-refractivity contribution is 4.39. The Kier molecular flexibility index (Phi) is 20.5. The molecule has 0 aromatic rings. The highest BCUT2D eigenvalue weighted by atomic mass is 16.3. The predicted molar refractivity (Wildman–Crippen MR) is 50.0 cm³/mol. The number of unbranched alkanes of at least 4 members (excludes halogenated alkanes) is 3. The van der Waals surface area contributed by atoms with Gasteiger partial charge in [0.1, 0.15) is 0 Å². The molecular weight excluding hydrogens is 156 g/mol. The van der Waals surface area contributed by atoms with E-state index >= 15 is 0 Å². The first-order valence-electron chi connectivity index (χ1n) is 4.66. The third-order valence-electron chi connectivity index (χ3n) is 1.29. The SMILES string of the molecule is CCCO.OCCCCCCO. The highest BCUT2D eigenvalue weighted by Crippen LogP contribution is 1.96. The minimum Gasteiger partial charge on any atom is -0.396 e. The Morgan fingerprint density at radius 3 is 1.17 bits per heavy atom. The first kappa shape index (κ1) is 14.4. The molecule has 0 saturated heterocycles. The number of hydrogen-bond donors (Lipinski definition) is 3. The molecule has 0 saturated carbocycles. The zero-order chi connectivity index (χ0) is 9.66. The van der Waals surface area contributed by atoms with Crippen molar-refractivity contribution >= 4 is 0 Å². The van der Waals surface area contributed by atoms with Crippen LogP contribution in [0.25, 0.3) is 0 Å². The van der Waals surface area contributed by atoms with Crippen LogP contribution >= 0.6 is 0 Å². The molecule has 0 aromatic heterocycles. The lowest BCUT2D eigenvalue weighted by molar-refractivity contribution is 0.265. The van der Waals surface area contributed by atoms with Gasteiger partial charge >= 0.3 is 0 Å². The van der Waals surface area contributed by atoms with Gasteiger partial charge in [0.15, 0.2) is 0 Å². The molecule has 0 rings (SSSR count). The van der Waals surface area contributed by atoms with E-state index in [1.165, 1.54) is 0 Å². The largest absolute Gasteiger partial charge is 0.396 e. The molecule has 0 aliphatic heterocycles. The molecule has 0 radical (unpaired) electrons. The summed E-state index contributed by atoms with van der Waals surface area (Å²) < 4.78 is 0. The maximum Gasteiger partial charge on any atom is 0.0431 e. The summed E-state index contributed by atoms with van der Waals surface area (Å²) in [5, 5.41) is 24.5. The van der Waals surface area contributed by atoms with Gasteiger partial charge in [-0.15, -0.1) is 0 Å². The van der Waals surface area contributed by atoms with Crippen LogP contribution in [-0.4, -0.2) is 35.1 Å². The van der Waals surface area contributed by atoms with Gasteiger partial charge in [0.05, 0.1) is 0 Å². The summed E-state index contributed by atoms with van der Waals surface area (Å²) >= 11 is 0. The summed E-state index contributed by atoms with van der Waals surface area (Å²) in [6.45, 7) is 2.82. The molecule has 76 valence electrons. The minimum absolute atomic E-state index is 0.283. The van der Waals surface area contributed by atoms with E-state index in [1.54, 1.807) is 0 Å². The highest BCUT2D eigenvalue weighted by Gasteiger charge is 1.84. The summed E-state index contributed by atoms with van der Waals surface area (Å²) in [7, 11) is 0. The summed E-state index contributed by atoms with van der Waals surface area (Å²) in [6, 6.07) is 0. The second-order valence-electron chi connectivity index (χ2n) is 2.59. The van der Waals surface area contributed by atoms with E-state index in [0.29, 0.717) is 6.61 Å². The molecule has 12 heavy (non-hydrogen) atoms. The van der Waals surface area contributed by atoms with Gasteiger partial charge in [-0.05, 0) is 19.3 Å². The van der Waals surface area contributed by atoms with Crippen molar-refractivity contribution in [2.75, 3.05) is 19.8 Å². The van der Waals surface area contributed by atoms with E-state index in [1.807, 2.05) is 6.92 Å². The Morgan fingerprint density at radius 1 is 0.667 bits per heavy atom. The monoisotopic (exact) mass is 178 g/mol. The van der Waals surface area contributed by atoms with Crippen molar-refractivity contribution in [3.05, 3.63) is 0 Å². The van der Waals surface area contributed by atoms with Gasteiger partial charge in [0.2, 0.25) is 0 Å². The van der Waals surface area contributed by atoms with Crippen LogP contribution in [0.3, 0.4) is 0 Å². The molecule has 0 aliphatic carbocycles. The van der Waals surface area contributed by atoms with E-state index in [0.717, 1.165) is 32.1 Å². The van der Waals surface area contributed by atoms with Crippen LogP contribution in [0.4, 0.5) is 0 Å². The standard InChI is InChI=1S/C6H14O2.C3H8O/c7-5-3-1-2-4-6-8;1-2-3-4/h7-8H,1-6H2;4H,2-3H2,1H3. The average molecular weight is 178 g/mol. The fraction of sp³-hybridized carbons (Fsp3) is 1.00. The van der Waals surface area contributed by atoms with Gasteiger partial charge in [0, 0.05) is 19.8 Å². The number of rotatable bonds is 6. The van der Waals surface area contributed by atoms with Crippen LogP contribution in [0.5, 0.6) is 0 Å². The molecule has 0 atom stereocenters. The van der Waals surface area contributed by atoms with Crippen LogP contribution in [0.1, 0.15) is 39.0 Å². The van der Waals surface area contributed by atoms with Crippen LogP contribution in [0.15, 0.2) is 0 Å². The van der Waals surface area contributed by atoms with Crippen LogP contribution < -0.4 is 0 Å². The summed E-state index contributed by atoms with van der Waals surface area (Å²) in [5.74, 6) is 0. The van der Waals surface area contributed by atoms with Gasteiger partial charge in [0.25, 0.3) is 0 Å². The first-order valence-corrected chi connectivity index (χ1v) is 4.66. The van der Waals surface area contributed by atoms with Crippen molar-refractivity contribution in [2.24, 2.45) is 0 Å². The molecular formula is C9H22O3. The zero-order valence-corrected chi connectivity index (χ0v) is 8.00. The smallest absolute Gasteiger partial charge is 0.0431 e. The van der Waals surface area contributed by atoms with Crippen molar-refractivity contribution < 1.29 is 15.3 Å². The molecule has 0 heterocycles. The first-order chi connectivity index (χ1) is 5.83. The molecule has 0 amide bonds. The van der Waals surface area contributed by atoms with Gasteiger partial charge in [-0.25, -0.2) is 0 Å². The maximum absolute atomic E-state index is 8.30. The lowest BCUT2D eigenvalue weighted by Crippen LogP contribution is -1.85. The molecule has 0 aliphatic rings. The summed E-state index contributed by atoms with van der Waals surface area (Å²) in [6.07, 6.45) is 4.70. The quantitative estimate of drug-likeness (QED) is 0.530. The minimum atomic E-state index is 0.283. The number of aliphatic hydroxyl groups is 3. The van der Waals surface area contributed by atoms with E-state index in [-0.39, 0.29) is 13.2 Å². The third-order valence-corrected chi connectivity index (χ3v) is 1.29. The lowest BCUT2D eigenvalue weighted by Gasteiger charge is -1.93. The normalized spacial score (nSPS) is 9.00. The Hall–Kier alpha value is -0.120. The molecule has 3 N–H and O–H groups in total. The number of hydrogen-bond acceptors (Lipinski definition) is 3. The molecule has 0 unspecified atom stereocenters. The lowest BCUT2D eigenvalue weighted by atomic mass is 10.2. The zero-order valence-electron chi connectivity index (χ0n) is 8.00. The van der Waals surface area contributed by atoms with E-state index < -0.39 is 0 Å². The fourth-order valence-corrected chi connectivity index (χ4v) is 0.577. The van der Waals surface area contributed by atoms with Crippen molar-refractivity contribution in [2.45, 2.75) is 39.0 Å². The predicted octanol–water partition coefficient (Wildman–Crippen LogP) is 0.920. The molecule has 0 aromatic carbocycles. The van der Waals surface area contributed by atoms with Gasteiger partial charge in [-0.3, -0.25) is 0 Å². The summed E-state index contributed by atoms with van der Waals surface area (Å²) in [5.41, 5.74) is 0. The second kappa shape index (κ2) is 17.1. The molecule has 3 nitrogen and oxygen atoms in total. The van der Waals surface area contributed by atoms with Crippen molar-refractivity contribution in [3.8, 4) is 0 Å². The van der Waals surface area contributed by atoms with Crippen LogP contribution in [-0.2, 0) is 0 Å². The third kappa shape index (κ3) is 22.5. The maximum atomic E-state index is 8.30. The molecule has 0 spiro atoms. The van der Waals surface area contributed by atoms with Crippen LogP contribution in [0, 0.1) is 0 Å². The Balaban J connectivity index is 0. The molecule has 3 heteroatoms. The van der Waals surface area contributed by atoms with Gasteiger partial charge < -0.3 is 15.3 Å². The topological polar surface area (TPSA) is 60.7 Å². The van der Waals surface area contributed by atoms with E-state index in [4.69, 9.17) is 15.3 Å². The molecule has 0 bridgehead atoms. The Bertz CT molecular complexity index is 49.7. The van der Waals surface area contributed by atoms with E-state index in [2.05, 4.69) is 0 Å². The average Bonchev–Trinajstić information content (AvgIpc) is 2.13. The Labute approximate surface area is 75.0 Å². The second-order valence-corrected chi connectivity index (χ2v) is 2.59.